The molecule has 0 bridgehead atoms. The zero-order valence-electron chi connectivity index (χ0n) is 10.8. The van der Waals surface area contributed by atoms with Gasteiger partial charge in [0.05, 0.1) is 5.25 Å². The highest BCUT2D eigenvalue weighted by Crippen LogP contribution is 2.43. The fourth-order valence-corrected chi connectivity index (χ4v) is 4.64. The van der Waals surface area contributed by atoms with Crippen LogP contribution in [0.15, 0.2) is 4.52 Å². The first-order chi connectivity index (χ1) is 8.70. The summed E-state index contributed by atoms with van der Waals surface area (Å²) in [5.41, 5.74) is 0. The van der Waals surface area contributed by atoms with E-state index >= 15 is 0 Å². The molecule has 1 N–H and O–H groups in total. The SMILES string of the molecule is CC1SCC(c2noc(CCCCO)n2)SC1C. The molecule has 2 heterocycles. The van der Waals surface area contributed by atoms with Gasteiger partial charge in [-0.2, -0.15) is 16.7 Å². The Hall–Kier alpha value is -0.200. The first-order valence-corrected chi connectivity index (χ1v) is 8.40. The van der Waals surface area contributed by atoms with Crippen LogP contribution in [0.5, 0.6) is 0 Å². The molecule has 3 atom stereocenters. The number of aryl methyl sites for hydroxylation is 1. The second-order valence-corrected chi connectivity index (χ2v) is 7.59. The van der Waals surface area contributed by atoms with Crippen molar-refractivity contribution in [2.45, 2.75) is 48.9 Å². The number of aliphatic hydroxyl groups is 1. The third-order valence-corrected chi connectivity index (χ3v) is 6.51. The number of unbranched alkanes of at least 4 members (excludes halogenated alkanes) is 1. The molecule has 4 nitrogen and oxygen atoms in total. The number of aliphatic hydroxyl groups excluding tert-OH is 1. The summed E-state index contributed by atoms with van der Waals surface area (Å²) in [6, 6.07) is 0. The van der Waals surface area contributed by atoms with E-state index < -0.39 is 0 Å². The van der Waals surface area contributed by atoms with Gasteiger partial charge in [0.1, 0.15) is 0 Å². The van der Waals surface area contributed by atoms with Gasteiger partial charge in [0.2, 0.25) is 5.89 Å². The van der Waals surface area contributed by atoms with Crippen molar-refractivity contribution in [2.24, 2.45) is 0 Å². The van der Waals surface area contributed by atoms with E-state index in [1.165, 1.54) is 0 Å². The van der Waals surface area contributed by atoms with Gasteiger partial charge in [-0.25, -0.2) is 0 Å². The van der Waals surface area contributed by atoms with Gasteiger partial charge in [0.25, 0.3) is 0 Å². The zero-order chi connectivity index (χ0) is 13.0. The van der Waals surface area contributed by atoms with Gasteiger partial charge in [0.15, 0.2) is 5.82 Å². The highest BCUT2D eigenvalue weighted by Gasteiger charge is 2.29. The molecule has 0 aliphatic carbocycles. The molecular weight excluding hydrogens is 268 g/mol. The lowest BCUT2D eigenvalue weighted by Crippen LogP contribution is -2.22. The van der Waals surface area contributed by atoms with E-state index in [1.54, 1.807) is 0 Å². The molecule has 1 aliphatic heterocycles. The minimum Gasteiger partial charge on any atom is -0.396 e. The molecule has 0 spiro atoms. The summed E-state index contributed by atoms with van der Waals surface area (Å²) in [5, 5.41) is 14.5. The van der Waals surface area contributed by atoms with Crippen LogP contribution in [-0.2, 0) is 6.42 Å². The molecule has 1 aromatic rings. The first-order valence-electron chi connectivity index (χ1n) is 6.41. The molecule has 0 radical (unpaired) electrons. The number of nitrogens with zero attached hydrogens (tertiary/aromatic N) is 2. The van der Waals surface area contributed by atoms with Crippen LogP contribution in [-0.4, -0.2) is 38.1 Å². The van der Waals surface area contributed by atoms with Crippen molar-refractivity contribution in [3.63, 3.8) is 0 Å². The molecule has 18 heavy (non-hydrogen) atoms. The second kappa shape index (κ2) is 6.82. The summed E-state index contributed by atoms with van der Waals surface area (Å²) in [6.45, 7) is 4.76. The van der Waals surface area contributed by atoms with Gasteiger partial charge in [-0.3, -0.25) is 0 Å². The first kappa shape index (κ1) is 14.2. The van der Waals surface area contributed by atoms with E-state index in [2.05, 4.69) is 24.0 Å². The van der Waals surface area contributed by atoms with Crippen LogP contribution in [0.4, 0.5) is 0 Å². The lowest BCUT2D eigenvalue weighted by atomic mass is 10.2. The summed E-state index contributed by atoms with van der Waals surface area (Å²) < 4.78 is 5.26. The van der Waals surface area contributed by atoms with Crippen LogP contribution in [0.3, 0.4) is 0 Å². The van der Waals surface area contributed by atoms with Crippen LogP contribution in [0.2, 0.25) is 0 Å². The predicted molar refractivity (Wildman–Crippen MR) is 76.0 cm³/mol. The van der Waals surface area contributed by atoms with Crippen LogP contribution in [0.25, 0.3) is 0 Å². The minimum absolute atomic E-state index is 0.228. The molecule has 0 aromatic carbocycles. The van der Waals surface area contributed by atoms with Crippen molar-refractivity contribution in [3.8, 4) is 0 Å². The molecule has 102 valence electrons. The van der Waals surface area contributed by atoms with Crippen LogP contribution >= 0.6 is 23.5 Å². The molecule has 0 saturated carbocycles. The quantitative estimate of drug-likeness (QED) is 0.841. The standard InChI is InChI=1S/C12H20N2O2S2/c1-8-9(2)18-10(7-17-8)12-13-11(16-14-12)5-3-4-6-15/h8-10,15H,3-7H2,1-2H3. The average molecular weight is 288 g/mol. The van der Waals surface area contributed by atoms with E-state index in [1.807, 2.05) is 23.5 Å². The van der Waals surface area contributed by atoms with E-state index in [0.29, 0.717) is 21.6 Å². The second-order valence-electron chi connectivity index (χ2n) is 4.60. The third-order valence-electron chi connectivity index (χ3n) is 3.12. The highest BCUT2D eigenvalue weighted by atomic mass is 32.2. The van der Waals surface area contributed by atoms with Crippen molar-refractivity contribution in [1.29, 1.82) is 0 Å². The van der Waals surface area contributed by atoms with Gasteiger partial charge in [-0.05, 0) is 12.8 Å². The number of hydrogen-bond acceptors (Lipinski definition) is 6. The predicted octanol–water partition coefficient (Wildman–Crippen LogP) is 2.68. The molecule has 1 saturated heterocycles. The molecule has 1 aromatic heterocycles. The third kappa shape index (κ3) is 3.65. The minimum atomic E-state index is 0.228. The van der Waals surface area contributed by atoms with Gasteiger partial charge in [-0.1, -0.05) is 19.0 Å². The fraction of sp³-hybridized carbons (Fsp3) is 0.833. The zero-order valence-corrected chi connectivity index (χ0v) is 12.5. The summed E-state index contributed by atoms with van der Waals surface area (Å²) in [5.74, 6) is 2.60. The Morgan fingerprint density at radius 2 is 2.17 bits per heavy atom. The maximum absolute atomic E-state index is 8.73. The van der Waals surface area contributed by atoms with E-state index in [9.17, 15) is 0 Å². The monoisotopic (exact) mass is 288 g/mol. The molecule has 1 fully saturated rings. The lowest BCUT2D eigenvalue weighted by Gasteiger charge is -2.29. The van der Waals surface area contributed by atoms with Crippen molar-refractivity contribution >= 4 is 23.5 Å². The number of rotatable bonds is 5. The summed E-state index contributed by atoms with van der Waals surface area (Å²) >= 11 is 3.93. The Morgan fingerprint density at radius 1 is 1.33 bits per heavy atom. The van der Waals surface area contributed by atoms with Crippen molar-refractivity contribution in [3.05, 3.63) is 11.7 Å². The van der Waals surface area contributed by atoms with E-state index in [-0.39, 0.29) is 6.61 Å². The van der Waals surface area contributed by atoms with Crippen molar-refractivity contribution in [1.82, 2.24) is 10.1 Å². The average Bonchev–Trinajstić information content (AvgIpc) is 2.82. The van der Waals surface area contributed by atoms with Gasteiger partial charge < -0.3 is 9.63 Å². The van der Waals surface area contributed by atoms with Crippen LogP contribution in [0, 0.1) is 0 Å². The van der Waals surface area contributed by atoms with E-state index in [0.717, 1.165) is 30.8 Å². The van der Waals surface area contributed by atoms with Crippen LogP contribution < -0.4 is 0 Å². The lowest BCUT2D eigenvalue weighted by molar-refractivity contribution is 0.280. The van der Waals surface area contributed by atoms with Gasteiger partial charge >= 0.3 is 0 Å². The maximum Gasteiger partial charge on any atom is 0.226 e. The Balaban J connectivity index is 1.89. The molecule has 2 rings (SSSR count). The summed E-state index contributed by atoms with van der Waals surface area (Å²) in [4.78, 5) is 4.47. The van der Waals surface area contributed by atoms with Crippen LogP contribution in [0.1, 0.15) is 43.7 Å². The molecule has 1 aliphatic rings. The van der Waals surface area contributed by atoms with Crippen molar-refractivity contribution in [2.75, 3.05) is 12.4 Å². The largest absolute Gasteiger partial charge is 0.396 e. The van der Waals surface area contributed by atoms with E-state index in [4.69, 9.17) is 9.63 Å². The Labute approximate surface area is 116 Å². The number of aromatic nitrogens is 2. The molecule has 6 heteroatoms. The van der Waals surface area contributed by atoms with Crippen molar-refractivity contribution < 1.29 is 9.63 Å². The number of hydrogen-bond donors (Lipinski definition) is 1. The molecule has 0 amide bonds. The number of thioether (sulfide) groups is 2. The highest BCUT2D eigenvalue weighted by molar-refractivity contribution is 8.07. The van der Waals surface area contributed by atoms with Gasteiger partial charge in [-0.15, -0.1) is 11.8 Å². The van der Waals surface area contributed by atoms with Gasteiger partial charge in [0, 0.05) is 29.3 Å². The molecular formula is C12H20N2O2S2. The Kier molecular flexibility index (Phi) is 5.38. The Bertz CT molecular complexity index is 373. The smallest absolute Gasteiger partial charge is 0.226 e. The summed E-state index contributed by atoms with van der Waals surface area (Å²) in [7, 11) is 0. The maximum atomic E-state index is 8.73. The molecule has 3 unspecified atom stereocenters. The Morgan fingerprint density at radius 3 is 2.89 bits per heavy atom. The normalized spacial score (nSPS) is 28.5. The summed E-state index contributed by atoms with van der Waals surface area (Å²) in [6.07, 6.45) is 2.46. The topological polar surface area (TPSA) is 59.2 Å². The fourth-order valence-electron chi connectivity index (χ4n) is 1.81.